The molecule has 0 saturated carbocycles. The van der Waals surface area contributed by atoms with Crippen LogP contribution in [0.4, 0.5) is 5.13 Å². The van der Waals surface area contributed by atoms with Gasteiger partial charge >= 0.3 is 0 Å². The highest BCUT2D eigenvalue weighted by Crippen LogP contribution is 2.25. The highest BCUT2D eigenvalue weighted by atomic mass is 35.5. The van der Waals surface area contributed by atoms with Crippen LogP contribution in [0.3, 0.4) is 0 Å². The van der Waals surface area contributed by atoms with Crippen molar-refractivity contribution < 1.29 is 9.21 Å². The second kappa shape index (κ2) is 6.52. The van der Waals surface area contributed by atoms with Gasteiger partial charge in [-0.05, 0) is 35.4 Å². The molecule has 2 aromatic heterocycles. The largest absolute Gasteiger partial charge is 0.440 e. The van der Waals surface area contributed by atoms with Gasteiger partial charge in [0.25, 0.3) is 5.91 Å². The maximum Gasteiger partial charge on any atom is 0.293 e. The SMILES string of the molecule is O=C(Nc1ncc(Cc2ccccc2Cl)s1)c1ccc(Cl)o1. The zero-order chi connectivity index (χ0) is 15.5. The molecule has 0 atom stereocenters. The monoisotopic (exact) mass is 352 g/mol. The second-order valence-corrected chi connectivity index (χ2v) is 6.35. The van der Waals surface area contributed by atoms with Crippen molar-refractivity contribution in [3.05, 3.63) is 69.0 Å². The third-order valence-electron chi connectivity index (χ3n) is 2.89. The number of halogens is 2. The molecule has 0 aliphatic heterocycles. The molecule has 2 heterocycles. The predicted octanol–water partition coefficient (Wildman–Crippen LogP) is 4.89. The van der Waals surface area contributed by atoms with Gasteiger partial charge in [0.1, 0.15) is 0 Å². The number of aromatic nitrogens is 1. The molecular weight excluding hydrogens is 343 g/mol. The van der Waals surface area contributed by atoms with Gasteiger partial charge in [-0.2, -0.15) is 0 Å². The van der Waals surface area contributed by atoms with Crippen molar-refractivity contribution in [2.45, 2.75) is 6.42 Å². The average molecular weight is 353 g/mol. The first kappa shape index (κ1) is 15.1. The number of nitrogens with one attached hydrogen (secondary N) is 1. The molecule has 0 spiro atoms. The standard InChI is InChI=1S/C15H10Cl2N2O2S/c16-11-4-2-1-3-9(11)7-10-8-18-15(22-10)19-14(20)12-5-6-13(17)21-12/h1-6,8H,7H2,(H,18,19,20). The van der Waals surface area contributed by atoms with Gasteiger partial charge in [-0.1, -0.05) is 29.8 Å². The molecule has 7 heteroatoms. The van der Waals surface area contributed by atoms with E-state index in [-0.39, 0.29) is 16.9 Å². The van der Waals surface area contributed by atoms with E-state index >= 15 is 0 Å². The van der Waals surface area contributed by atoms with E-state index in [1.807, 2.05) is 24.3 Å². The molecule has 0 radical (unpaired) electrons. The zero-order valence-electron chi connectivity index (χ0n) is 11.2. The third-order valence-corrected chi connectivity index (χ3v) is 4.38. The molecule has 1 N–H and O–H groups in total. The van der Waals surface area contributed by atoms with Gasteiger partial charge in [-0.15, -0.1) is 11.3 Å². The highest BCUT2D eigenvalue weighted by Gasteiger charge is 2.13. The van der Waals surface area contributed by atoms with Crippen LogP contribution in [0.1, 0.15) is 21.0 Å². The lowest BCUT2D eigenvalue weighted by Gasteiger charge is -2.00. The van der Waals surface area contributed by atoms with Crippen LogP contribution in [-0.2, 0) is 6.42 Å². The second-order valence-electron chi connectivity index (χ2n) is 4.46. The van der Waals surface area contributed by atoms with Crippen LogP contribution in [0.15, 0.2) is 47.0 Å². The fourth-order valence-electron chi connectivity index (χ4n) is 1.87. The molecular formula is C15H10Cl2N2O2S. The molecule has 0 saturated heterocycles. The van der Waals surface area contributed by atoms with E-state index in [1.54, 1.807) is 6.20 Å². The normalized spacial score (nSPS) is 10.6. The van der Waals surface area contributed by atoms with E-state index in [0.717, 1.165) is 10.4 Å². The summed E-state index contributed by atoms with van der Waals surface area (Å²) < 4.78 is 5.05. The Kier molecular flexibility index (Phi) is 4.47. The fourth-order valence-corrected chi connectivity index (χ4v) is 3.05. The number of hydrogen-bond acceptors (Lipinski definition) is 4. The van der Waals surface area contributed by atoms with Crippen molar-refractivity contribution in [2.75, 3.05) is 5.32 Å². The lowest BCUT2D eigenvalue weighted by molar-refractivity contribution is 0.0997. The molecule has 0 unspecified atom stereocenters. The highest BCUT2D eigenvalue weighted by molar-refractivity contribution is 7.15. The summed E-state index contributed by atoms with van der Waals surface area (Å²) in [5.41, 5.74) is 1.02. The van der Waals surface area contributed by atoms with Crippen molar-refractivity contribution in [2.24, 2.45) is 0 Å². The number of nitrogens with zero attached hydrogens (tertiary/aromatic N) is 1. The number of amides is 1. The topological polar surface area (TPSA) is 55.1 Å². The summed E-state index contributed by atoms with van der Waals surface area (Å²) in [6.45, 7) is 0. The van der Waals surface area contributed by atoms with E-state index < -0.39 is 0 Å². The first-order chi connectivity index (χ1) is 10.6. The molecule has 1 aromatic carbocycles. The van der Waals surface area contributed by atoms with Crippen molar-refractivity contribution in [1.82, 2.24) is 4.98 Å². The molecule has 3 aromatic rings. The Morgan fingerprint density at radius 3 is 2.77 bits per heavy atom. The fraction of sp³-hybridized carbons (Fsp3) is 0.0667. The van der Waals surface area contributed by atoms with Crippen LogP contribution < -0.4 is 5.32 Å². The van der Waals surface area contributed by atoms with E-state index in [9.17, 15) is 4.79 Å². The van der Waals surface area contributed by atoms with E-state index in [2.05, 4.69) is 10.3 Å². The lowest BCUT2D eigenvalue weighted by atomic mass is 10.1. The molecule has 0 aliphatic carbocycles. The maximum absolute atomic E-state index is 11.9. The molecule has 4 nitrogen and oxygen atoms in total. The van der Waals surface area contributed by atoms with Gasteiger partial charge in [-0.25, -0.2) is 4.98 Å². The summed E-state index contributed by atoms with van der Waals surface area (Å²) in [4.78, 5) is 17.1. The molecule has 0 aliphatic rings. The van der Waals surface area contributed by atoms with Crippen LogP contribution in [0.2, 0.25) is 10.2 Å². The molecule has 112 valence electrons. The molecule has 0 fully saturated rings. The summed E-state index contributed by atoms with van der Waals surface area (Å²) in [6, 6.07) is 10.7. The number of anilines is 1. The van der Waals surface area contributed by atoms with E-state index in [4.69, 9.17) is 27.6 Å². The van der Waals surface area contributed by atoms with Crippen LogP contribution in [0.5, 0.6) is 0 Å². The Bertz CT molecular complexity index is 813. The minimum atomic E-state index is -0.384. The van der Waals surface area contributed by atoms with Crippen LogP contribution in [-0.4, -0.2) is 10.9 Å². The maximum atomic E-state index is 11.9. The summed E-state index contributed by atoms with van der Waals surface area (Å²) >= 11 is 13.2. The molecule has 22 heavy (non-hydrogen) atoms. The number of carbonyl (C=O) groups excluding carboxylic acids is 1. The minimum absolute atomic E-state index is 0.146. The predicted molar refractivity (Wildman–Crippen MR) is 88.0 cm³/mol. The summed E-state index contributed by atoms with van der Waals surface area (Å²) in [5, 5.41) is 4.06. The molecule has 3 rings (SSSR count). The number of hydrogen-bond donors (Lipinski definition) is 1. The van der Waals surface area contributed by atoms with Gasteiger partial charge in [0, 0.05) is 22.5 Å². The number of furan rings is 1. The summed E-state index contributed by atoms with van der Waals surface area (Å²) in [7, 11) is 0. The van der Waals surface area contributed by atoms with Crippen molar-refractivity contribution in [3.8, 4) is 0 Å². The summed E-state index contributed by atoms with van der Waals surface area (Å²) in [6.07, 6.45) is 2.39. The Hall–Kier alpha value is -1.82. The Morgan fingerprint density at radius 2 is 2.05 bits per heavy atom. The smallest absolute Gasteiger partial charge is 0.293 e. The Balaban J connectivity index is 1.69. The first-order valence-electron chi connectivity index (χ1n) is 6.36. The third kappa shape index (κ3) is 3.50. The van der Waals surface area contributed by atoms with E-state index in [1.165, 1.54) is 23.5 Å². The van der Waals surface area contributed by atoms with Crippen LogP contribution in [0.25, 0.3) is 0 Å². The number of thiazole rings is 1. The van der Waals surface area contributed by atoms with Gasteiger partial charge in [-0.3, -0.25) is 10.1 Å². The number of rotatable bonds is 4. The minimum Gasteiger partial charge on any atom is -0.440 e. The number of carbonyl (C=O) groups is 1. The van der Waals surface area contributed by atoms with Crippen molar-refractivity contribution >= 4 is 45.6 Å². The van der Waals surface area contributed by atoms with E-state index in [0.29, 0.717) is 16.6 Å². The van der Waals surface area contributed by atoms with Crippen molar-refractivity contribution in [1.29, 1.82) is 0 Å². The van der Waals surface area contributed by atoms with Gasteiger partial charge < -0.3 is 4.42 Å². The molecule has 1 amide bonds. The number of benzene rings is 1. The van der Waals surface area contributed by atoms with Gasteiger partial charge in [0.05, 0.1) is 0 Å². The molecule has 0 bridgehead atoms. The van der Waals surface area contributed by atoms with Gasteiger partial charge in [0.15, 0.2) is 16.1 Å². The van der Waals surface area contributed by atoms with Crippen molar-refractivity contribution in [3.63, 3.8) is 0 Å². The zero-order valence-corrected chi connectivity index (χ0v) is 13.5. The Morgan fingerprint density at radius 1 is 1.23 bits per heavy atom. The Labute approximate surface area is 140 Å². The average Bonchev–Trinajstić information content (AvgIpc) is 3.11. The lowest BCUT2D eigenvalue weighted by Crippen LogP contribution is -2.10. The first-order valence-corrected chi connectivity index (χ1v) is 7.94. The van der Waals surface area contributed by atoms with Crippen LogP contribution >= 0.6 is 34.5 Å². The summed E-state index contributed by atoms with van der Waals surface area (Å²) in [5.74, 6) is -0.238. The van der Waals surface area contributed by atoms with Gasteiger partial charge in [0.2, 0.25) is 0 Å². The quantitative estimate of drug-likeness (QED) is 0.727. The van der Waals surface area contributed by atoms with Crippen LogP contribution in [0, 0.1) is 0 Å².